The molecule has 0 fully saturated rings. The Morgan fingerprint density at radius 3 is 2.43 bits per heavy atom. The minimum Gasteiger partial charge on any atom is -0.462 e. The van der Waals surface area contributed by atoms with Crippen molar-refractivity contribution in [1.82, 2.24) is 0 Å². The lowest BCUT2D eigenvalue weighted by molar-refractivity contribution is 0.0528. The number of thiophene rings is 1. The minimum absolute atomic E-state index is 0.321. The van der Waals surface area contributed by atoms with Crippen LogP contribution in [-0.2, 0) is 11.2 Å². The van der Waals surface area contributed by atoms with Crippen molar-refractivity contribution in [2.45, 2.75) is 33.1 Å². The fourth-order valence-corrected chi connectivity index (χ4v) is 4.33. The van der Waals surface area contributed by atoms with Crippen LogP contribution in [0.15, 0.2) is 60.7 Å². The second-order valence-electron chi connectivity index (χ2n) is 6.82. The first-order valence-electron chi connectivity index (χ1n) is 10.1. The van der Waals surface area contributed by atoms with Crippen LogP contribution in [0.5, 0.6) is 0 Å². The van der Waals surface area contributed by atoms with Gasteiger partial charge in [0.05, 0.1) is 12.2 Å². The normalized spacial score (nSPS) is 10.5. The average Bonchev–Trinajstić information content (AvgIpc) is 3.18. The summed E-state index contributed by atoms with van der Waals surface area (Å²) < 4.78 is 5.23. The van der Waals surface area contributed by atoms with E-state index in [1.54, 1.807) is 6.92 Å². The summed E-state index contributed by atoms with van der Waals surface area (Å²) in [7, 11) is 0. The second-order valence-corrected chi connectivity index (χ2v) is 8.28. The van der Waals surface area contributed by atoms with Gasteiger partial charge >= 0.3 is 5.97 Å². The van der Waals surface area contributed by atoms with E-state index >= 15 is 0 Å². The summed E-state index contributed by atoms with van der Waals surface area (Å²) in [6.07, 6.45) is 3.45. The Labute approximate surface area is 187 Å². The number of rotatable bonds is 8. The van der Waals surface area contributed by atoms with Gasteiger partial charge in [-0.3, -0.25) is 0 Å². The third-order valence-corrected chi connectivity index (χ3v) is 5.85. The molecule has 2 N–H and O–H groups in total. The van der Waals surface area contributed by atoms with Crippen molar-refractivity contribution < 1.29 is 9.53 Å². The molecule has 0 unspecified atom stereocenters. The summed E-state index contributed by atoms with van der Waals surface area (Å²) >= 11 is 6.97. The van der Waals surface area contributed by atoms with Crippen LogP contribution in [0.4, 0.5) is 10.7 Å². The van der Waals surface area contributed by atoms with Gasteiger partial charge < -0.3 is 15.4 Å². The number of benzene rings is 2. The number of ether oxygens (including phenoxy) is 1. The molecule has 0 aliphatic heterocycles. The van der Waals surface area contributed by atoms with Crippen molar-refractivity contribution in [2.24, 2.45) is 0 Å². The van der Waals surface area contributed by atoms with E-state index in [0.29, 0.717) is 22.3 Å². The smallest absolute Gasteiger partial charge is 0.341 e. The number of thiocarbonyl (C=S) groups is 1. The van der Waals surface area contributed by atoms with Gasteiger partial charge in [-0.15, -0.1) is 11.3 Å². The monoisotopic (exact) mass is 438 g/mol. The van der Waals surface area contributed by atoms with Crippen LogP contribution in [0.2, 0.25) is 0 Å². The number of hydrogen-bond donors (Lipinski definition) is 2. The van der Waals surface area contributed by atoms with Crippen LogP contribution in [0.25, 0.3) is 10.4 Å². The lowest BCUT2D eigenvalue weighted by atomic mass is 10.1. The van der Waals surface area contributed by atoms with Crippen molar-refractivity contribution in [2.75, 3.05) is 17.2 Å². The molecule has 4 nitrogen and oxygen atoms in total. The van der Waals surface area contributed by atoms with E-state index in [4.69, 9.17) is 17.0 Å². The summed E-state index contributed by atoms with van der Waals surface area (Å²) in [4.78, 5) is 13.4. The fraction of sp³-hybridized carbons (Fsp3) is 0.250. The SMILES string of the molecule is CCCCc1ccc(NC(=S)Nc2sc(-c3ccccc3)cc2C(=O)OCC)cc1. The number of aryl methyl sites for hydroxylation is 1. The number of unbranched alkanes of at least 4 members (excludes halogenated alkanes) is 1. The summed E-state index contributed by atoms with van der Waals surface area (Å²) in [5, 5.41) is 7.48. The molecule has 0 saturated carbocycles. The average molecular weight is 439 g/mol. The molecule has 0 bridgehead atoms. The molecule has 0 spiro atoms. The van der Waals surface area contributed by atoms with E-state index in [2.05, 4.69) is 29.7 Å². The van der Waals surface area contributed by atoms with E-state index in [0.717, 1.165) is 22.5 Å². The maximum Gasteiger partial charge on any atom is 0.341 e. The van der Waals surface area contributed by atoms with E-state index in [1.165, 1.54) is 29.7 Å². The zero-order chi connectivity index (χ0) is 21.3. The standard InChI is InChI=1S/C24H26N2O2S2/c1-3-5-9-17-12-14-19(15-13-17)25-24(29)26-22-20(23(27)28-4-2)16-21(30-22)18-10-7-6-8-11-18/h6-8,10-16H,3-5,9H2,1-2H3,(H2,25,26,29). The summed E-state index contributed by atoms with van der Waals surface area (Å²) in [6, 6.07) is 20.1. The number of nitrogens with one attached hydrogen (secondary N) is 2. The predicted octanol–water partition coefficient (Wildman–Crippen LogP) is 6.74. The lowest BCUT2D eigenvalue weighted by Crippen LogP contribution is -2.20. The molecular formula is C24H26N2O2S2. The van der Waals surface area contributed by atoms with Crippen LogP contribution in [-0.4, -0.2) is 17.7 Å². The number of carbonyl (C=O) groups is 1. The molecule has 0 saturated heterocycles. The molecule has 156 valence electrons. The maximum absolute atomic E-state index is 12.5. The van der Waals surface area contributed by atoms with E-state index in [-0.39, 0.29) is 5.97 Å². The van der Waals surface area contributed by atoms with Crippen molar-refractivity contribution in [3.8, 4) is 10.4 Å². The molecule has 2 aromatic carbocycles. The highest BCUT2D eigenvalue weighted by molar-refractivity contribution is 7.80. The van der Waals surface area contributed by atoms with Crippen LogP contribution in [0.3, 0.4) is 0 Å². The lowest BCUT2D eigenvalue weighted by Gasteiger charge is -2.11. The molecule has 0 aliphatic carbocycles. The zero-order valence-electron chi connectivity index (χ0n) is 17.2. The molecule has 3 rings (SSSR count). The molecule has 1 aromatic heterocycles. The predicted molar refractivity (Wildman–Crippen MR) is 131 cm³/mol. The number of esters is 1. The molecule has 0 amide bonds. The maximum atomic E-state index is 12.5. The fourth-order valence-electron chi connectivity index (χ4n) is 2.99. The van der Waals surface area contributed by atoms with Gasteiger partial charge in [-0.05, 0) is 61.3 Å². The summed E-state index contributed by atoms with van der Waals surface area (Å²) in [5.41, 5.74) is 3.75. The zero-order valence-corrected chi connectivity index (χ0v) is 18.9. The van der Waals surface area contributed by atoms with Gasteiger partial charge in [0.25, 0.3) is 0 Å². The quantitative estimate of drug-likeness (QED) is 0.301. The third-order valence-electron chi connectivity index (χ3n) is 4.54. The van der Waals surface area contributed by atoms with Gasteiger partial charge in [0.2, 0.25) is 0 Å². The molecule has 6 heteroatoms. The Morgan fingerprint density at radius 1 is 1.03 bits per heavy atom. The summed E-state index contributed by atoms with van der Waals surface area (Å²) in [6.45, 7) is 4.31. The van der Waals surface area contributed by atoms with Crippen LogP contribution < -0.4 is 10.6 Å². The molecule has 0 aliphatic rings. The highest BCUT2D eigenvalue weighted by Crippen LogP contribution is 2.36. The largest absolute Gasteiger partial charge is 0.462 e. The summed E-state index contributed by atoms with van der Waals surface area (Å²) in [5.74, 6) is -0.360. The van der Waals surface area contributed by atoms with E-state index in [9.17, 15) is 4.79 Å². The van der Waals surface area contributed by atoms with Crippen LogP contribution in [0.1, 0.15) is 42.6 Å². The Balaban J connectivity index is 1.74. The first-order valence-corrected chi connectivity index (χ1v) is 11.4. The molecule has 1 heterocycles. The van der Waals surface area contributed by atoms with Crippen LogP contribution >= 0.6 is 23.6 Å². The highest BCUT2D eigenvalue weighted by atomic mass is 32.1. The van der Waals surface area contributed by atoms with Crippen molar-refractivity contribution >= 4 is 45.3 Å². The highest BCUT2D eigenvalue weighted by Gasteiger charge is 2.19. The second kappa shape index (κ2) is 10.9. The molecular weight excluding hydrogens is 412 g/mol. The minimum atomic E-state index is -0.360. The van der Waals surface area contributed by atoms with E-state index in [1.807, 2.05) is 48.5 Å². The van der Waals surface area contributed by atoms with Crippen molar-refractivity contribution in [1.29, 1.82) is 0 Å². The van der Waals surface area contributed by atoms with Gasteiger partial charge in [0.1, 0.15) is 5.00 Å². The van der Waals surface area contributed by atoms with Crippen molar-refractivity contribution in [3.05, 3.63) is 71.8 Å². The number of anilines is 2. The van der Waals surface area contributed by atoms with Crippen LogP contribution in [0, 0.1) is 0 Å². The first kappa shape index (κ1) is 22.0. The topological polar surface area (TPSA) is 50.4 Å². The first-order chi connectivity index (χ1) is 14.6. The number of hydrogen-bond acceptors (Lipinski definition) is 4. The van der Waals surface area contributed by atoms with Gasteiger partial charge in [-0.2, -0.15) is 0 Å². The third kappa shape index (κ3) is 5.90. The molecule has 30 heavy (non-hydrogen) atoms. The Kier molecular flexibility index (Phi) is 7.99. The Morgan fingerprint density at radius 2 is 1.77 bits per heavy atom. The van der Waals surface area contributed by atoms with Crippen molar-refractivity contribution in [3.63, 3.8) is 0 Å². The van der Waals surface area contributed by atoms with Gasteiger partial charge in [0.15, 0.2) is 5.11 Å². The molecule has 3 aromatic rings. The Bertz CT molecular complexity index is 982. The number of carbonyl (C=O) groups excluding carboxylic acids is 1. The Hall–Kier alpha value is -2.70. The van der Waals surface area contributed by atoms with E-state index < -0.39 is 0 Å². The van der Waals surface area contributed by atoms with Gasteiger partial charge in [-0.1, -0.05) is 55.8 Å². The van der Waals surface area contributed by atoms with Gasteiger partial charge in [0, 0.05) is 10.6 Å². The van der Waals surface area contributed by atoms with Gasteiger partial charge in [-0.25, -0.2) is 4.79 Å². The molecule has 0 atom stereocenters. The molecule has 0 radical (unpaired) electrons.